The van der Waals surface area contributed by atoms with E-state index < -0.39 is 11.0 Å². The molecule has 0 spiro atoms. The van der Waals surface area contributed by atoms with Gasteiger partial charge in [0.05, 0.1) is 24.7 Å². The van der Waals surface area contributed by atoms with Gasteiger partial charge < -0.3 is 14.4 Å². The van der Waals surface area contributed by atoms with Crippen LogP contribution in [0.15, 0.2) is 6.33 Å². The number of anilines is 2. The molecule has 0 aromatic carbocycles. The first kappa shape index (κ1) is 14.9. The Balaban J connectivity index is 2.32. The molecule has 0 unspecified atom stereocenters. The predicted molar refractivity (Wildman–Crippen MR) is 72.4 cm³/mol. The monoisotopic (exact) mass is 297 g/mol. The zero-order chi connectivity index (χ0) is 15.2. The fourth-order valence-electron chi connectivity index (χ4n) is 1.90. The first-order chi connectivity index (χ1) is 10.1. The second kappa shape index (κ2) is 6.79. The van der Waals surface area contributed by atoms with Gasteiger partial charge in [0.2, 0.25) is 11.6 Å². The average Bonchev–Trinajstić information content (AvgIpc) is 2.48. The Hall–Kier alpha value is -2.49. The van der Waals surface area contributed by atoms with Gasteiger partial charge >= 0.3 is 11.8 Å². The molecule has 0 radical (unpaired) electrons. The third-order valence-electron chi connectivity index (χ3n) is 2.79. The number of carbonyl (C=O) groups excluding carboxylic acids is 1. The molecule has 1 amide bonds. The van der Waals surface area contributed by atoms with Gasteiger partial charge in [0.25, 0.3) is 0 Å². The van der Waals surface area contributed by atoms with Gasteiger partial charge in [-0.2, -0.15) is 0 Å². The number of morpholine rings is 1. The number of nitrogens with zero attached hydrogens (tertiary/aromatic N) is 4. The van der Waals surface area contributed by atoms with E-state index in [0.29, 0.717) is 26.3 Å². The zero-order valence-electron chi connectivity index (χ0n) is 11.4. The second-order valence-electron chi connectivity index (χ2n) is 4.10. The summed E-state index contributed by atoms with van der Waals surface area (Å²) >= 11 is 0. The summed E-state index contributed by atoms with van der Waals surface area (Å²) in [5, 5.41) is 13.6. The Morgan fingerprint density at radius 1 is 1.52 bits per heavy atom. The molecular formula is C11H15N5O5. The van der Waals surface area contributed by atoms with Crippen molar-refractivity contribution >= 4 is 23.4 Å². The lowest BCUT2D eigenvalue weighted by Gasteiger charge is -2.27. The van der Waals surface area contributed by atoms with E-state index in [4.69, 9.17) is 9.47 Å². The maximum absolute atomic E-state index is 11.4. The van der Waals surface area contributed by atoms with Gasteiger partial charge in [0.15, 0.2) is 0 Å². The SMILES string of the molecule is CCOC(=O)Nc1ncnc(N2CCOCC2)c1[N+](=O)[O-]. The van der Waals surface area contributed by atoms with Gasteiger partial charge in [0.1, 0.15) is 6.33 Å². The number of nitro groups is 1. The van der Waals surface area contributed by atoms with Crippen LogP contribution in [0.5, 0.6) is 0 Å². The molecule has 1 aliphatic rings. The van der Waals surface area contributed by atoms with Crippen LogP contribution in [-0.2, 0) is 9.47 Å². The van der Waals surface area contributed by atoms with Gasteiger partial charge in [-0.3, -0.25) is 15.4 Å². The quantitative estimate of drug-likeness (QED) is 0.639. The zero-order valence-corrected chi connectivity index (χ0v) is 11.4. The highest BCUT2D eigenvalue weighted by Gasteiger charge is 2.29. The van der Waals surface area contributed by atoms with Crippen LogP contribution in [0.3, 0.4) is 0 Å². The smallest absolute Gasteiger partial charge is 0.412 e. The number of hydrogen-bond acceptors (Lipinski definition) is 8. The van der Waals surface area contributed by atoms with Crippen LogP contribution < -0.4 is 10.2 Å². The Labute approximate surface area is 120 Å². The van der Waals surface area contributed by atoms with Gasteiger partial charge in [-0.05, 0) is 6.92 Å². The standard InChI is InChI=1S/C11H15N5O5/c1-2-21-11(17)14-9-8(16(18)19)10(13-7-12-9)15-3-5-20-6-4-15/h7H,2-6H2,1H3,(H,12,13,14,17). The lowest BCUT2D eigenvalue weighted by molar-refractivity contribution is -0.383. The van der Waals surface area contributed by atoms with Crippen LogP contribution in [0.1, 0.15) is 6.92 Å². The Kier molecular flexibility index (Phi) is 4.82. The summed E-state index contributed by atoms with van der Waals surface area (Å²) in [6.07, 6.45) is 0.367. The lowest BCUT2D eigenvalue weighted by atomic mass is 10.3. The molecule has 114 valence electrons. The fraction of sp³-hybridized carbons (Fsp3) is 0.545. The molecule has 1 aliphatic heterocycles. The molecule has 10 heteroatoms. The summed E-state index contributed by atoms with van der Waals surface area (Å²) in [6.45, 7) is 3.67. The number of aromatic nitrogens is 2. The number of carbonyl (C=O) groups is 1. The highest BCUT2D eigenvalue weighted by molar-refractivity contribution is 5.88. The van der Waals surface area contributed by atoms with Crippen LogP contribution >= 0.6 is 0 Å². The van der Waals surface area contributed by atoms with E-state index in [-0.39, 0.29) is 23.9 Å². The first-order valence-electron chi connectivity index (χ1n) is 6.39. The molecule has 0 bridgehead atoms. The summed E-state index contributed by atoms with van der Waals surface area (Å²) in [6, 6.07) is 0. The molecule has 1 N–H and O–H groups in total. The Morgan fingerprint density at radius 2 is 2.24 bits per heavy atom. The fourth-order valence-corrected chi connectivity index (χ4v) is 1.90. The normalized spacial score (nSPS) is 14.6. The van der Waals surface area contributed by atoms with E-state index in [1.165, 1.54) is 6.33 Å². The minimum Gasteiger partial charge on any atom is -0.450 e. The van der Waals surface area contributed by atoms with E-state index >= 15 is 0 Å². The van der Waals surface area contributed by atoms with Crippen LogP contribution in [0.2, 0.25) is 0 Å². The molecular weight excluding hydrogens is 282 g/mol. The Bertz CT molecular complexity index is 532. The van der Waals surface area contributed by atoms with Crippen molar-refractivity contribution in [3.05, 3.63) is 16.4 Å². The highest BCUT2D eigenvalue weighted by Crippen LogP contribution is 2.32. The second-order valence-corrected chi connectivity index (χ2v) is 4.10. The summed E-state index contributed by atoms with van der Waals surface area (Å²) in [5.74, 6) is -0.0277. The summed E-state index contributed by atoms with van der Waals surface area (Å²) in [5.41, 5.74) is -0.354. The van der Waals surface area contributed by atoms with Gasteiger partial charge in [0, 0.05) is 13.1 Å². The van der Waals surface area contributed by atoms with Crippen molar-refractivity contribution < 1.29 is 19.2 Å². The number of amides is 1. The van der Waals surface area contributed by atoms with E-state index in [9.17, 15) is 14.9 Å². The Morgan fingerprint density at radius 3 is 2.86 bits per heavy atom. The van der Waals surface area contributed by atoms with Crippen molar-refractivity contribution in [2.45, 2.75) is 6.92 Å². The van der Waals surface area contributed by atoms with E-state index in [1.807, 2.05) is 0 Å². The topological polar surface area (TPSA) is 120 Å². The molecule has 1 aromatic rings. The minimum atomic E-state index is -0.799. The molecule has 21 heavy (non-hydrogen) atoms. The van der Waals surface area contributed by atoms with E-state index in [2.05, 4.69) is 15.3 Å². The third kappa shape index (κ3) is 3.54. The number of rotatable bonds is 4. The molecule has 1 aromatic heterocycles. The van der Waals surface area contributed by atoms with Crippen molar-refractivity contribution in [1.29, 1.82) is 0 Å². The summed E-state index contributed by atoms with van der Waals surface area (Å²) in [7, 11) is 0. The van der Waals surface area contributed by atoms with Gasteiger partial charge in [-0.15, -0.1) is 0 Å². The molecule has 1 saturated heterocycles. The van der Waals surface area contributed by atoms with Crippen molar-refractivity contribution in [2.75, 3.05) is 43.1 Å². The molecule has 10 nitrogen and oxygen atoms in total. The van der Waals surface area contributed by atoms with Crippen molar-refractivity contribution in [1.82, 2.24) is 9.97 Å². The maximum atomic E-state index is 11.4. The van der Waals surface area contributed by atoms with Crippen molar-refractivity contribution in [3.63, 3.8) is 0 Å². The number of nitrogens with one attached hydrogen (secondary N) is 1. The largest absolute Gasteiger partial charge is 0.450 e. The molecule has 2 heterocycles. The predicted octanol–water partition coefficient (Wildman–Crippen LogP) is 0.790. The molecule has 1 fully saturated rings. The van der Waals surface area contributed by atoms with Crippen LogP contribution in [-0.4, -0.2) is 53.9 Å². The molecule has 0 saturated carbocycles. The van der Waals surface area contributed by atoms with Crippen LogP contribution in [0.4, 0.5) is 22.1 Å². The maximum Gasteiger partial charge on any atom is 0.412 e. The van der Waals surface area contributed by atoms with E-state index in [0.717, 1.165) is 0 Å². The molecule has 2 rings (SSSR count). The first-order valence-corrected chi connectivity index (χ1v) is 6.39. The average molecular weight is 297 g/mol. The summed E-state index contributed by atoms with van der Waals surface area (Å²) < 4.78 is 9.90. The minimum absolute atomic E-state index is 0.154. The third-order valence-corrected chi connectivity index (χ3v) is 2.79. The summed E-state index contributed by atoms with van der Waals surface area (Å²) in [4.78, 5) is 31.5. The number of hydrogen-bond donors (Lipinski definition) is 1. The molecule has 0 atom stereocenters. The van der Waals surface area contributed by atoms with Crippen molar-refractivity contribution in [2.24, 2.45) is 0 Å². The van der Waals surface area contributed by atoms with E-state index in [1.54, 1.807) is 11.8 Å². The van der Waals surface area contributed by atoms with Gasteiger partial charge in [-0.25, -0.2) is 14.8 Å². The number of ether oxygens (including phenoxy) is 2. The lowest BCUT2D eigenvalue weighted by Crippen LogP contribution is -2.37. The van der Waals surface area contributed by atoms with Crippen LogP contribution in [0.25, 0.3) is 0 Å². The highest BCUT2D eigenvalue weighted by atomic mass is 16.6. The van der Waals surface area contributed by atoms with Crippen LogP contribution in [0, 0.1) is 10.1 Å². The van der Waals surface area contributed by atoms with Gasteiger partial charge in [-0.1, -0.05) is 0 Å². The van der Waals surface area contributed by atoms with Crippen molar-refractivity contribution in [3.8, 4) is 0 Å². The molecule has 0 aliphatic carbocycles.